The summed E-state index contributed by atoms with van der Waals surface area (Å²) in [4.78, 5) is -0.0815. The van der Waals surface area contributed by atoms with Crippen molar-refractivity contribution < 1.29 is 36.7 Å². The predicted molar refractivity (Wildman–Crippen MR) is 136 cm³/mol. The second-order valence-electron chi connectivity index (χ2n) is 8.02. The molecule has 0 amide bonds. The number of aryl methyl sites for hydroxylation is 1. The lowest BCUT2D eigenvalue weighted by atomic mass is 10.1. The molecular weight excluding hydrogens is 484 g/mol. The van der Waals surface area contributed by atoms with Crippen LogP contribution in [0.4, 0.5) is 0 Å². The van der Waals surface area contributed by atoms with Crippen LogP contribution in [0.5, 0.6) is 17.2 Å². The standard InChI is InChI=1S/C27H32O8S/c1-21-3-12-27(36(28,29)30)23(19-21)13-14-32-15-16-33-17-18-34-25-8-10-26(11-9-25)35-20-22-4-6-24(31-2)7-5-22/h3-12,19H,13-18,20H2,1-2H3,(H,28,29,30). The van der Waals surface area contributed by atoms with E-state index >= 15 is 0 Å². The third-order valence-corrected chi connectivity index (χ3v) is 6.22. The van der Waals surface area contributed by atoms with Crippen LogP contribution in [0.1, 0.15) is 16.7 Å². The van der Waals surface area contributed by atoms with E-state index in [1.165, 1.54) is 6.07 Å². The first-order valence-corrected chi connectivity index (χ1v) is 13.0. The molecule has 0 aliphatic carbocycles. The van der Waals surface area contributed by atoms with Crippen molar-refractivity contribution in [2.75, 3.05) is 40.1 Å². The molecule has 0 bridgehead atoms. The Bertz CT molecular complexity index is 1180. The first-order chi connectivity index (χ1) is 17.3. The quantitative estimate of drug-likeness (QED) is 0.233. The van der Waals surface area contributed by atoms with Crippen molar-refractivity contribution in [3.8, 4) is 17.2 Å². The Hall–Kier alpha value is -3.11. The van der Waals surface area contributed by atoms with E-state index in [9.17, 15) is 13.0 Å². The van der Waals surface area contributed by atoms with Crippen molar-refractivity contribution in [3.63, 3.8) is 0 Å². The van der Waals surface area contributed by atoms with E-state index in [2.05, 4.69) is 0 Å². The van der Waals surface area contributed by atoms with Crippen LogP contribution in [0.2, 0.25) is 0 Å². The van der Waals surface area contributed by atoms with Gasteiger partial charge in [0.1, 0.15) is 30.5 Å². The van der Waals surface area contributed by atoms with Gasteiger partial charge < -0.3 is 23.7 Å². The molecule has 8 nitrogen and oxygen atoms in total. The maximum absolute atomic E-state index is 11.5. The van der Waals surface area contributed by atoms with Crippen molar-refractivity contribution in [2.45, 2.75) is 24.8 Å². The number of benzene rings is 3. The molecule has 3 aromatic rings. The van der Waals surface area contributed by atoms with Crippen LogP contribution in [0, 0.1) is 6.92 Å². The third kappa shape index (κ3) is 9.16. The van der Waals surface area contributed by atoms with Crippen LogP contribution in [-0.2, 0) is 32.6 Å². The van der Waals surface area contributed by atoms with Crippen molar-refractivity contribution in [3.05, 3.63) is 83.4 Å². The molecule has 0 atom stereocenters. The number of methoxy groups -OCH3 is 1. The second-order valence-corrected chi connectivity index (χ2v) is 9.41. The summed E-state index contributed by atoms with van der Waals surface area (Å²) >= 11 is 0. The number of hydrogen-bond donors (Lipinski definition) is 1. The Labute approximate surface area is 212 Å². The Balaban J connectivity index is 1.26. The Morgan fingerprint density at radius 2 is 1.31 bits per heavy atom. The van der Waals surface area contributed by atoms with E-state index in [0.717, 1.165) is 28.4 Å². The van der Waals surface area contributed by atoms with Gasteiger partial charge in [0.25, 0.3) is 10.1 Å². The Morgan fingerprint density at radius 1 is 0.722 bits per heavy atom. The summed E-state index contributed by atoms with van der Waals surface area (Å²) in [6, 6.07) is 19.9. The molecule has 0 aliphatic rings. The molecule has 0 fully saturated rings. The molecule has 0 radical (unpaired) electrons. The van der Waals surface area contributed by atoms with Crippen molar-refractivity contribution >= 4 is 10.1 Å². The van der Waals surface area contributed by atoms with Crippen molar-refractivity contribution in [2.24, 2.45) is 0 Å². The third-order valence-electron chi connectivity index (χ3n) is 5.27. The van der Waals surface area contributed by atoms with Gasteiger partial charge in [-0.2, -0.15) is 8.42 Å². The van der Waals surface area contributed by atoms with E-state index in [1.54, 1.807) is 19.2 Å². The maximum atomic E-state index is 11.5. The molecule has 3 rings (SSSR count). The molecule has 3 aromatic carbocycles. The van der Waals surface area contributed by atoms with E-state index in [-0.39, 0.29) is 4.90 Å². The first-order valence-electron chi connectivity index (χ1n) is 11.6. The molecule has 0 saturated heterocycles. The fourth-order valence-electron chi connectivity index (χ4n) is 3.40. The predicted octanol–water partition coefficient (Wildman–Crippen LogP) is 4.48. The largest absolute Gasteiger partial charge is 0.497 e. The Morgan fingerprint density at radius 3 is 1.94 bits per heavy atom. The lowest BCUT2D eigenvalue weighted by molar-refractivity contribution is 0.0372. The molecule has 0 spiro atoms. The fraction of sp³-hybridized carbons (Fsp3) is 0.333. The second kappa shape index (κ2) is 13.8. The molecule has 0 saturated carbocycles. The van der Waals surface area contributed by atoms with Crippen molar-refractivity contribution in [1.82, 2.24) is 0 Å². The zero-order valence-electron chi connectivity index (χ0n) is 20.5. The van der Waals surface area contributed by atoms with Gasteiger partial charge in [0.15, 0.2) is 0 Å². The van der Waals surface area contributed by atoms with Crippen molar-refractivity contribution in [1.29, 1.82) is 0 Å². The van der Waals surface area contributed by atoms with Crippen LogP contribution in [0.15, 0.2) is 71.6 Å². The van der Waals surface area contributed by atoms with Crippen LogP contribution in [0.25, 0.3) is 0 Å². The van der Waals surface area contributed by atoms with Gasteiger partial charge in [0.2, 0.25) is 0 Å². The SMILES string of the molecule is COc1ccc(COc2ccc(OCCOCCOCCc3cc(C)ccc3S(=O)(=O)O)cc2)cc1. The van der Waals surface area contributed by atoms with Gasteiger partial charge in [-0.1, -0.05) is 29.8 Å². The molecule has 194 valence electrons. The highest BCUT2D eigenvalue weighted by Gasteiger charge is 2.15. The summed E-state index contributed by atoms with van der Waals surface area (Å²) in [5.41, 5.74) is 2.50. The lowest BCUT2D eigenvalue weighted by Crippen LogP contribution is -2.12. The first kappa shape index (κ1) is 27.5. The molecule has 0 aliphatic heterocycles. The van der Waals surface area contributed by atoms with Crippen LogP contribution < -0.4 is 14.2 Å². The van der Waals surface area contributed by atoms with E-state index in [0.29, 0.717) is 51.6 Å². The fourth-order valence-corrected chi connectivity index (χ4v) is 4.13. The topological polar surface area (TPSA) is 101 Å². The maximum Gasteiger partial charge on any atom is 0.294 e. The normalized spacial score (nSPS) is 11.3. The minimum Gasteiger partial charge on any atom is -0.497 e. The zero-order chi connectivity index (χ0) is 25.8. The van der Waals surface area contributed by atoms with Gasteiger partial charge in [0.05, 0.1) is 38.4 Å². The molecule has 0 unspecified atom stereocenters. The number of hydrogen-bond acceptors (Lipinski definition) is 7. The van der Waals surface area contributed by atoms with Gasteiger partial charge >= 0.3 is 0 Å². The van der Waals surface area contributed by atoms with Crippen LogP contribution >= 0.6 is 0 Å². The average Bonchev–Trinajstić information content (AvgIpc) is 2.87. The highest BCUT2D eigenvalue weighted by Crippen LogP contribution is 2.20. The van der Waals surface area contributed by atoms with Gasteiger partial charge in [-0.15, -0.1) is 0 Å². The molecule has 0 aromatic heterocycles. The minimum atomic E-state index is -4.26. The van der Waals surface area contributed by atoms with Gasteiger partial charge in [0, 0.05) is 0 Å². The monoisotopic (exact) mass is 516 g/mol. The average molecular weight is 517 g/mol. The van der Waals surface area contributed by atoms with Crippen LogP contribution in [-0.4, -0.2) is 53.1 Å². The highest BCUT2D eigenvalue weighted by molar-refractivity contribution is 7.85. The zero-order valence-corrected chi connectivity index (χ0v) is 21.3. The summed E-state index contributed by atoms with van der Waals surface area (Å²) in [5.74, 6) is 2.28. The van der Waals surface area contributed by atoms with Gasteiger partial charge in [-0.25, -0.2) is 0 Å². The van der Waals surface area contributed by atoms with E-state index in [1.807, 2.05) is 55.5 Å². The molecule has 9 heteroatoms. The molecule has 1 N–H and O–H groups in total. The smallest absolute Gasteiger partial charge is 0.294 e. The van der Waals surface area contributed by atoms with E-state index < -0.39 is 10.1 Å². The number of rotatable bonds is 15. The van der Waals surface area contributed by atoms with Gasteiger partial charge in [-0.3, -0.25) is 4.55 Å². The lowest BCUT2D eigenvalue weighted by Gasteiger charge is -2.10. The summed E-state index contributed by atoms with van der Waals surface area (Å²) in [6.45, 7) is 4.20. The summed E-state index contributed by atoms with van der Waals surface area (Å²) in [6.07, 6.45) is 0.375. The van der Waals surface area contributed by atoms with Crippen LogP contribution in [0.3, 0.4) is 0 Å². The van der Waals surface area contributed by atoms with E-state index in [4.69, 9.17) is 23.7 Å². The summed E-state index contributed by atoms with van der Waals surface area (Å²) in [7, 11) is -2.62. The summed E-state index contributed by atoms with van der Waals surface area (Å²) in [5, 5.41) is 0. The highest BCUT2D eigenvalue weighted by atomic mass is 32.2. The number of ether oxygens (including phenoxy) is 5. The molecular formula is C27H32O8S. The molecule has 0 heterocycles. The minimum absolute atomic E-state index is 0.0815. The van der Waals surface area contributed by atoms with Gasteiger partial charge in [-0.05, 0) is 66.9 Å². The summed E-state index contributed by atoms with van der Waals surface area (Å²) < 4.78 is 60.0. The molecule has 36 heavy (non-hydrogen) atoms. The Kier molecular flexibility index (Phi) is 10.6.